The number of hydrogen-bond donors (Lipinski definition) is 1. The topological polar surface area (TPSA) is 88.1 Å². The van der Waals surface area contributed by atoms with Crippen molar-refractivity contribution in [3.8, 4) is 0 Å². The van der Waals surface area contributed by atoms with Gasteiger partial charge in [0.1, 0.15) is 0 Å². The number of thioether (sulfide) groups is 1. The molecule has 3 aromatic rings. The van der Waals surface area contributed by atoms with Gasteiger partial charge >= 0.3 is 0 Å². The highest BCUT2D eigenvalue weighted by Gasteiger charge is 2.58. The first-order valence-electron chi connectivity index (χ1n) is 10.4. The molecule has 1 spiro atoms. The summed E-state index contributed by atoms with van der Waals surface area (Å²) >= 11 is 3.02. The lowest BCUT2D eigenvalue weighted by Gasteiger charge is -2.32. The zero-order valence-corrected chi connectivity index (χ0v) is 18.8. The van der Waals surface area contributed by atoms with E-state index in [1.165, 1.54) is 11.8 Å². The summed E-state index contributed by atoms with van der Waals surface area (Å²) in [5.74, 6) is 0.577. The number of aryl methyl sites for hydroxylation is 1. The molecule has 2 fully saturated rings. The Morgan fingerprint density at radius 3 is 2.81 bits per heavy atom. The fourth-order valence-corrected chi connectivity index (χ4v) is 5.91. The molecule has 1 aromatic carbocycles. The molecule has 1 saturated carbocycles. The summed E-state index contributed by atoms with van der Waals surface area (Å²) < 4.78 is 1.13. The van der Waals surface area contributed by atoms with Crippen LogP contribution in [0.1, 0.15) is 24.3 Å². The number of aromatic nitrogens is 3. The Bertz CT molecular complexity index is 1130. The quantitative estimate of drug-likeness (QED) is 0.468. The molecule has 9 heteroatoms. The van der Waals surface area contributed by atoms with Crippen LogP contribution in [0.15, 0.2) is 41.8 Å². The van der Waals surface area contributed by atoms with E-state index in [9.17, 15) is 9.59 Å². The third-order valence-corrected chi connectivity index (χ3v) is 8.06. The van der Waals surface area contributed by atoms with Crippen LogP contribution in [0.4, 0.5) is 5.69 Å². The van der Waals surface area contributed by atoms with E-state index in [0.717, 1.165) is 40.2 Å². The molecule has 1 aliphatic heterocycles. The summed E-state index contributed by atoms with van der Waals surface area (Å²) in [6.45, 7) is 3.41. The van der Waals surface area contributed by atoms with Crippen LogP contribution in [-0.2, 0) is 9.59 Å². The van der Waals surface area contributed by atoms with Gasteiger partial charge in [-0.3, -0.25) is 9.59 Å². The second-order valence-corrected chi connectivity index (χ2v) is 10.4. The smallest absolute Gasteiger partial charge is 0.233 e. The number of hydrogen-bond acceptors (Lipinski definition) is 7. The average molecular weight is 454 g/mol. The molecule has 31 heavy (non-hydrogen) atoms. The monoisotopic (exact) mass is 453 g/mol. The minimum atomic E-state index is 0.0321. The molecule has 7 nitrogen and oxygen atoms in total. The molecule has 1 N–H and O–H groups in total. The molecular weight excluding hydrogens is 430 g/mol. The van der Waals surface area contributed by atoms with E-state index in [1.807, 2.05) is 30.0 Å². The number of rotatable bonds is 5. The lowest BCUT2D eigenvalue weighted by atomic mass is 9.90. The van der Waals surface area contributed by atoms with Gasteiger partial charge in [-0.2, -0.15) is 0 Å². The number of anilines is 1. The maximum absolute atomic E-state index is 12.8. The summed E-state index contributed by atoms with van der Waals surface area (Å²) in [5.41, 5.74) is 1.78. The predicted octanol–water partition coefficient (Wildman–Crippen LogP) is 3.75. The van der Waals surface area contributed by atoms with Crippen molar-refractivity contribution in [2.75, 3.05) is 24.2 Å². The largest absolute Gasteiger partial charge is 0.342 e. The molecule has 0 unspecified atom stereocenters. The van der Waals surface area contributed by atoms with Crippen LogP contribution in [0.25, 0.3) is 10.2 Å². The Morgan fingerprint density at radius 2 is 2.03 bits per heavy atom. The van der Waals surface area contributed by atoms with E-state index in [1.54, 1.807) is 29.8 Å². The van der Waals surface area contributed by atoms with Gasteiger partial charge in [-0.05, 0) is 55.9 Å². The highest BCUT2D eigenvalue weighted by molar-refractivity contribution is 7.99. The molecule has 0 radical (unpaired) electrons. The predicted molar refractivity (Wildman–Crippen MR) is 122 cm³/mol. The van der Waals surface area contributed by atoms with Gasteiger partial charge < -0.3 is 10.2 Å². The lowest BCUT2D eigenvalue weighted by molar-refractivity contribution is -0.130. The van der Waals surface area contributed by atoms with E-state index >= 15 is 0 Å². The van der Waals surface area contributed by atoms with Crippen molar-refractivity contribution in [1.82, 2.24) is 19.9 Å². The van der Waals surface area contributed by atoms with Crippen LogP contribution < -0.4 is 5.32 Å². The van der Waals surface area contributed by atoms with E-state index in [4.69, 9.17) is 0 Å². The Kier molecular flexibility index (Phi) is 5.39. The summed E-state index contributed by atoms with van der Waals surface area (Å²) in [6, 6.07) is 7.67. The van der Waals surface area contributed by atoms with E-state index in [2.05, 4.69) is 20.3 Å². The standard InChI is InChI=1S/C22H23N5O2S2/c1-14-25-17-11-15(3-4-18(17)31-14)26-20(29)16-12-22(16)5-9-27(10-6-22)19(28)13-30-21-23-7-2-8-24-21/h2-4,7-8,11,16H,5-6,9-10,12-13H2,1H3,(H,26,29)/t16-/m1/s1. The van der Waals surface area contributed by atoms with Gasteiger partial charge in [0.25, 0.3) is 0 Å². The van der Waals surface area contributed by atoms with Crippen LogP contribution in [0.5, 0.6) is 0 Å². The summed E-state index contributed by atoms with van der Waals surface area (Å²) in [5, 5.41) is 4.72. The first kappa shape index (κ1) is 20.4. The molecule has 2 amide bonds. The Hall–Kier alpha value is -2.52. The van der Waals surface area contributed by atoms with Crippen molar-refractivity contribution < 1.29 is 9.59 Å². The van der Waals surface area contributed by atoms with E-state index in [0.29, 0.717) is 24.0 Å². The molecule has 5 rings (SSSR count). The molecule has 0 bridgehead atoms. The summed E-state index contributed by atoms with van der Waals surface area (Å²) in [6.07, 6.45) is 6.03. The molecule has 2 aliphatic rings. The van der Waals surface area contributed by atoms with Crippen molar-refractivity contribution in [3.63, 3.8) is 0 Å². The summed E-state index contributed by atoms with van der Waals surface area (Å²) in [4.78, 5) is 40.1. The number of carbonyl (C=O) groups excluding carboxylic acids is 2. The third kappa shape index (κ3) is 4.29. The van der Waals surface area contributed by atoms with Crippen molar-refractivity contribution in [3.05, 3.63) is 41.7 Å². The van der Waals surface area contributed by atoms with Crippen LogP contribution in [-0.4, -0.2) is 50.5 Å². The van der Waals surface area contributed by atoms with Crippen molar-refractivity contribution in [2.24, 2.45) is 11.3 Å². The number of piperidine rings is 1. The first-order valence-corrected chi connectivity index (χ1v) is 12.2. The highest BCUT2D eigenvalue weighted by Crippen LogP contribution is 2.59. The summed E-state index contributed by atoms with van der Waals surface area (Å²) in [7, 11) is 0. The zero-order chi connectivity index (χ0) is 21.4. The molecule has 2 aromatic heterocycles. The SMILES string of the molecule is Cc1nc2cc(NC(=O)[C@H]3CC34CCN(C(=O)CSc3ncccn3)CC4)ccc2s1. The fraction of sp³-hybridized carbons (Fsp3) is 0.409. The molecule has 160 valence electrons. The Balaban J connectivity index is 1.12. The number of thiazole rings is 1. The number of nitrogens with zero attached hydrogens (tertiary/aromatic N) is 4. The van der Waals surface area contributed by atoms with Crippen LogP contribution in [0.2, 0.25) is 0 Å². The van der Waals surface area contributed by atoms with Crippen LogP contribution in [0.3, 0.4) is 0 Å². The molecular formula is C22H23N5O2S2. The van der Waals surface area contributed by atoms with Gasteiger partial charge in [-0.25, -0.2) is 15.0 Å². The molecule has 3 heterocycles. The number of benzene rings is 1. The van der Waals surface area contributed by atoms with Gasteiger partial charge in [0.2, 0.25) is 11.8 Å². The van der Waals surface area contributed by atoms with Gasteiger partial charge in [0.15, 0.2) is 5.16 Å². The number of nitrogens with one attached hydrogen (secondary N) is 1. The van der Waals surface area contributed by atoms with Crippen molar-refractivity contribution in [1.29, 1.82) is 0 Å². The number of likely N-dealkylation sites (tertiary alicyclic amines) is 1. The first-order chi connectivity index (χ1) is 15.0. The van der Waals surface area contributed by atoms with Crippen molar-refractivity contribution >= 4 is 50.8 Å². The number of fused-ring (bicyclic) bond motifs is 1. The Morgan fingerprint density at radius 1 is 1.26 bits per heavy atom. The van der Waals surface area contributed by atoms with Crippen molar-refractivity contribution in [2.45, 2.75) is 31.3 Å². The van der Waals surface area contributed by atoms with E-state index in [-0.39, 0.29) is 23.1 Å². The zero-order valence-electron chi connectivity index (χ0n) is 17.2. The number of carbonyl (C=O) groups is 2. The van der Waals surface area contributed by atoms with Gasteiger partial charge in [0.05, 0.1) is 21.0 Å². The van der Waals surface area contributed by atoms with Crippen LogP contribution in [0, 0.1) is 18.3 Å². The van der Waals surface area contributed by atoms with Crippen LogP contribution >= 0.6 is 23.1 Å². The van der Waals surface area contributed by atoms with E-state index < -0.39 is 0 Å². The lowest BCUT2D eigenvalue weighted by Crippen LogP contribution is -2.41. The fourth-order valence-electron chi connectivity index (χ4n) is 4.40. The molecule has 1 saturated heterocycles. The highest BCUT2D eigenvalue weighted by atomic mass is 32.2. The third-order valence-electron chi connectivity index (χ3n) is 6.25. The normalized spacial score (nSPS) is 19.5. The van der Waals surface area contributed by atoms with Gasteiger partial charge in [-0.15, -0.1) is 11.3 Å². The van der Waals surface area contributed by atoms with Gasteiger partial charge in [-0.1, -0.05) is 11.8 Å². The molecule has 1 aliphatic carbocycles. The second kappa shape index (κ2) is 8.20. The minimum absolute atomic E-state index is 0.0321. The average Bonchev–Trinajstić information content (AvgIpc) is 3.34. The second-order valence-electron chi connectivity index (χ2n) is 8.22. The maximum Gasteiger partial charge on any atom is 0.233 e. The maximum atomic E-state index is 12.8. The minimum Gasteiger partial charge on any atom is -0.342 e. The molecule has 1 atom stereocenters. The Labute approximate surface area is 188 Å². The number of amides is 2. The van der Waals surface area contributed by atoms with Gasteiger partial charge in [0, 0.05) is 37.1 Å².